The summed E-state index contributed by atoms with van der Waals surface area (Å²) in [7, 11) is 0. The van der Waals surface area contributed by atoms with Crippen molar-refractivity contribution in [2.24, 2.45) is 0 Å². The number of alkyl halides is 3. The zero-order valence-corrected chi connectivity index (χ0v) is 14.9. The van der Waals surface area contributed by atoms with Gasteiger partial charge in [-0.15, -0.1) is 0 Å². The fourth-order valence-electron chi connectivity index (χ4n) is 3.91. The van der Waals surface area contributed by atoms with Crippen LogP contribution in [-0.2, 0) is 6.18 Å². The van der Waals surface area contributed by atoms with E-state index >= 15 is 0 Å². The SMILES string of the molecule is FC(F)(F)c1ccc2oc(-c3ccncc3C3CCCCCCC3)nc2c1. The second kappa shape index (κ2) is 7.33. The van der Waals surface area contributed by atoms with Gasteiger partial charge in [-0.05, 0) is 48.6 Å². The molecule has 0 aliphatic heterocycles. The van der Waals surface area contributed by atoms with Crippen molar-refractivity contribution >= 4 is 11.1 Å². The minimum Gasteiger partial charge on any atom is -0.436 e. The Morgan fingerprint density at radius 2 is 1.70 bits per heavy atom. The first-order valence-corrected chi connectivity index (χ1v) is 9.44. The molecule has 0 saturated heterocycles. The predicted molar refractivity (Wildman–Crippen MR) is 97.3 cm³/mol. The normalized spacial score (nSPS) is 17.0. The lowest BCUT2D eigenvalue weighted by molar-refractivity contribution is -0.137. The Morgan fingerprint density at radius 1 is 0.963 bits per heavy atom. The van der Waals surface area contributed by atoms with Crippen molar-refractivity contribution in [3.63, 3.8) is 0 Å². The molecule has 1 aromatic carbocycles. The third-order valence-electron chi connectivity index (χ3n) is 5.34. The van der Waals surface area contributed by atoms with Gasteiger partial charge in [-0.25, -0.2) is 4.98 Å². The van der Waals surface area contributed by atoms with E-state index in [2.05, 4.69) is 9.97 Å². The van der Waals surface area contributed by atoms with Gasteiger partial charge in [0, 0.05) is 18.0 Å². The van der Waals surface area contributed by atoms with Crippen LogP contribution in [0.2, 0.25) is 0 Å². The van der Waals surface area contributed by atoms with E-state index in [0.717, 1.165) is 36.1 Å². The first kappa shape index (κ1) is 18.0. The summed E-state index contributed by atoms with van der Waals surface area (Å²) in [5, 5.41) is 0. The Bertz CT molecular complexity index is 925. The Labute approximate surface area is 155 Å². The van der Waals surface area contributed by atoms with Gasteiger partial charge in [0.05, 0.1) is 5.56 Å². The maximum Gasteiger partial charge on any atom is 0.416 e. The molecule has 3 aromatic rings. The minimum absolute atomic E-state index is 0.222. The molecule has 0 spiro atoms. The van der Waals surface area contributed by atoms with E-state index in [4.69, 9.17) is 4.42 Å². The van der Waals surface area contributed by atoms with E-state index in [1.54, 1.807) is 6.20 Å². The lowest BCUT2D eigenvalue weighted by atomic mass is 9.84. The summed E-state index contributed by atoms with van der Waals surface area (Å²) in [5.74, 6) is 0.749. The van der Waals surface area contributed by atoms with Crippen molar-refractivity contribution in [2.45, 2.75) is 57.0 Å². The zero-order valence-electron chi connectivity index (χ0n) is 14.9. The third kappa shape index (κ3) is 3.84. The van der Waals surface area contributed by atoms with E-state index in [9.17, 15) is 13.2 Å². The van der Waals surface area contributed by atoms with Crippen LogP contribution < -0.4 is 0 Å². The number of pyridine rings is 1. The first-order chi connectivity index (χ1) is 13.0. The van der Waals surface area contributed by atoms with Crippen LogP contribution in [-0.4, -0.2) is 9.97 Å². The molecule has 1 saturated carbocycles. The lowest BCUT2D eigenvalue weighted by Gasteiger charge is -2.21. The zero-order chi connectivity index (χ0) is 18.9. The van der Waals surface area contributed by atoms with Gasteiger partial charge in [0.1, 0.15) is 5.52 Å². The van der Waals surface area contributed by atoms with Crippen LogP contribution in [0.15, 0.2) is 41.1 Å². The van der Waals surface area contributed by atoms with Crippen LogP contribution in [0.5, 0.6) is 0 Å². The molecule has 0 amide bonds. The fourth-order valence-corrected chi connectivity index (χ4v) is 3.91. The van der Waals surface area contributed by atoms with E-state index < -0.39 is 11.7 Å². The highest BCUT2D eigenvalue weighted by Gasteiger charge is 2.31. The fraction of sp³-hybridized carbons (Fsp3) is 0.429. The third-order valence-corrected chi connectivity index (χ3v) is 5.34. The maximum atomic E-state index is 13.0. The second-order valence-corrected chi connectivity index (χ2v) is 7.20. The molecule has 2 aromatic heterocycles. The Kier molecular flexibility index (Phi) is 4.89. The topological polar surface area (TPSA) is 38.9 Å². The summed E-state index contributed by atoms with van der Waals surface area (Å²) < 4.78 is 44.7. The van der Waals surface area contributed by atoms with Crippen molar-refractivity contribution in [2.75, 3.05) is 0 Å². The molecule has 0 unspecified atom stereocenters. The maximum absolute atomic E-state index is 13.0. The van der Waals surface area contributed by atoms with Gasteiger partial charge in [-0.3, -0.25) is 4.98 Å². The number of oxazole rings is 1. The molecule has 1 aliphatic rings. The molecule has 6 heteroatoms. The molecule has 27 heavy (non-hydrogen) atoms. The van der Waals surface area contributed by atoms with Gasteiger partial charge in [0.15, 0.2) is 5.58 Å². The average Bonchev–Trinajstić information content (AvgIpc) is 3.04. The monoisotopic (exact) mass is 374 g/mol. The minimum atomic E-state index is -4.39. The molecular formula is C21H21F3N2O. The van der Waals surface area contributed by atoms with Gasteiger partial charge in [0.2, 0.25) is 5.89 Å². The summed E-state index contributed by atoms with van der Waals surface area (Å²) in [6, 6.07) is 5.26. The van der Waals surface area contributed by atoms with Gasteiger partial charge in [0.25, 0.3) is 0 Å². The lowest BCUT2D eigenvalue weighted by Crippen LogP contribution is -2.05. The summed E-state index contributed by atoms with van der Waals surface area (Å²) in [5.41, 5.74) is 1.78. The van der Waals surface area contributed by atoms with E-state index in [1.807, 2.05) is 12.3 Å². The number of benzene rings is 1. The van der Waals surface area contributed by atoms with Crippen LogP contribution in [0.25, 0.3) is 22.6 Å². The van der Waals surface area contributed by atoms with Crippen molar-refractivity contribution < 1.29 is 17.6 Å². The highest BCUT2D eigenvalue weighted by molar-refractivity contribution is 5.77. The molecule has 1 aliphatic carbocycles. The van der Waals surface area contributed by atoms with Crippen molar-refractivity contribution in [1.29, 1.82) is 0 Å². The quantitative estimate of drug-likeness (QED) is 0.499. The molecule has 0 N–H and O–H groups in total. The number of halogens is 3. The molecular weight excluding hydrogens is 353 g/mol. The summed E-state index contributed by atoms with van der Waals surface area (Å²) in [4.78, 5) is 8.64. The Morgan fingerprint density at radius 3 is 2.44 bits per heavy atom. The number of rotatable bonds is 2. The van der Waals surface area contributed by atoms with Crippen LogP contribution in [0.4, 0.5) is 13.2 Å². The molecule has 0 bridgehead atoms. The van der Waals surface area contributed by atoms with E-state index in [1.165, 1.54) is 38.2 Å². The van der Waals surface area contributed by atoms with Crippen LogP contribution in [0, 0.1) is 0 Å². The highest BCUT2D eigenvalue weighted by Crippen LogP contribution is 2.38. The van der Waals surface area contributed by atoms with Gasteiger partial charge < -0.3 is 4.42 Å². The Balaban J connectivity index is 1.73. The summed E-state index contributed by atoms with van der Waals surface area (Å²) in [6.07, 6.45) is 7.48. The predicted octanol–water partition coefficient (Wildman–Crippen LogP) is 6.74. The average molecular weight is 374 g/mol. The van der Waals surface area contributed by atoms with Crippen LogP contribution in [0.3, 0.4) is 0 Å². The highest BCUT2D eigenvalue weighted by atomic mass is 19.4. The van der Waals surface area contributed by atoms with E-state index in [-0.39, 0.29) is 5.52 Å². The number of aromatic nitrogens is 2. The number of hydrogen-bond donors (Lipinski definition) is 0. The number of nitrogens with zero attached hydrogens (tertiary/aromatic N) is 2. The standard InChI is InChI=1S/C21H21F3N2O/c22-21(23,24)15-8-9-19-18(12-15)26-20(27-19)16-10-11-25-13-17(16)14-6-4-2-1-3-5-7-14/h8-14H,1-7H2. The number of hydrogen-bond acceptors (Lipinski definition) is 3. The molecule has 2 heterocycles. The number of fused-ring (bicyclic) bond motifs is 1. The molecule has 4 rings (SSSR count). The van der Waals surface area contributed by atoms with Crippen molar-refractivity contribution in [3.05, 3.63) is 47.8 Å². The second-order valence-electron chi connectivity index (χ2n) is 7.20. The molecule has 0 radical (unpaired) electrons. The van der Waals surface area contributed by atoms with E-state index in [0.29, 0.717) is 17.4 Å². The van der Waals surface area contributed by atoms with Gasteiger partial charge >= 0.3 is 6.18 Å². The molecule has 1 fully saturated rings. The van der Waals surface area contributed by atoms with Crippen molar-refractivity contribution in [1.82, 2.24) is 9.97 Å². The first-order valence-electron chi connectivity index (χ1n) is 9.44. The molecule has 142 valence electrons. The Hall–Kier alpha value is -2.37. The summed E-state index contributed by atoms with van der Waals surface area (Å²) >= 11 is 0. The largest absolute Gasteiger partial charge is 0.436 e. The smallest absolute Gasteiger partial charge is 0.416 e. The summed E-state index contributed by atoms with van der Waals surface area (Å²) in [6.45, 7) is 0. The van der Waals surface area contributed by atoms with Crippen molar-refractivity contribution in [3.8, 4) is 11.5 Å². The van der Waals surface area contributed by atoms with Gasteiger partial charge in [-0.1, -0.05) is 32.1 Å². The van der Waals surface area contributed by atoms with Crippen LogP contribution in [0.1, 0.15) is 62.0 Å². The molecule has 0 atom stereocenters. The molecule has 3 nitrogen and oxygen atoms in total. The van der Waals surface area contributed by atoms with Gasteiger partial charge in [-0.2, -0.15) is 13.2 Å². The van der Waals surface area contributed by atoms with Crippen LogP contribution >= 0.6 is 0 Å².